The second kappa shape index (κ2) is 2.57. The predicted molar refractivity (Wildman–Crippen MR) is 42.6 cm³/mol. The highest BCUT2D eigenvalue weighted by Crippen LogP contribution is 2.29. The van der Waals surface area contributed by atoms with Crippen molar-refractivity contribution in [2.45, 2.75) is 25.3 Å². The van der Waals surface area contributed by atoms with E-state index in [1.165, 1.54) is 4.90 Å². The van der Waals surface area contributed by atoms with Crippen molar-refractivity contribution < 1.29 is 9.90 Å². The monoisotopic (exact) mass is 155 g/mol. The summed E-state index contributed by atoms with van der Waals surface area (Å²) in [5.74, 6) is 0. The van der Waals surface area contributed by atoms with E-state index >= 15 is 0 Å². The Kier molecular flexibility index (Phi) is 1.89. The normalized spacial score (nSPS) is 30.5. The van der Waals surface area contributed by atoms with Gasteiger partial charge in [-0.15, -0.1) is 6.58 Å². The molecule has 0 aliphatic carbocycles. The van der Waals surface area contributed by atoms with Gasteiger partial charge in [-0.1, -0.05) is 6.08 Å². The number of rotatable bonds is 1. The Hall–Kier alpha value is -0.990. The van der Waals surface area contributed by atoms with Gasteiger partial charge in [0.15, 0.2) is 0 Å². The van der Waals surface area contributed by atoms with Gasteiger partial charge in [0.25, 0.3) is 0 Å². The summed E-state index contributed by atoms with van der Waals surface area (Å²) in [4.78, 5) is 12.1. The second-order valence-corrected chi connectivity index (χ2v) is 3.10. The fraction of sp³-hybridized carbons (Fsp3) is 0.625. The van der Waals surface area contributed by atoms with Crippen molar-refractivity contribution in [1.82, 2.24) is 4.90 Å². The first-order valence-electron chi connectivity index (χ1n) is 3.74. The summed E-state index contributed by atoms with van der Waals surface area (Å²) in [6.07, 6.45) is 2.70. The van der Waals surface area contributed by atoms with Crippen LogP contribution in [0.4, 0.5) is 4.79 Å². The SMILES string of the molecule is C=CC1(C)CCCN1C(=O)O. The Morgan fingerprint density at radius 1 is 1.82 bits per heavy atom. The second-order valence-electron chi connectivity index (χ2n) is 3.10. The molecule has 0 saturated carbocycles. The zero-order valence-corrected chi connectivity index (χ0v) is 6.71. The predicted octanol–water partition coefficient (Wildman–Crippen LogP) is 1.70. The third-order valence-electron chi connectivity index (χ3n) is 2.35. The first kappa shape index (κ1) is 8.11. The Morgan fingerprint density at radius 3 is 2.82 bits per heavy atom. The van der Waals surface area contributed by atoms with Crippen molar-refractivity contribution >= 4 is 6.09 Å². The van der Waals surface area contributed by atoms with Crippen molar-refractivity contribution in [2.75, 3.05) is 6.54 Å². The maximum Gasteiger partial charge on any atom is 0.407 e. The highest BCUT2D eigenvalue weighted by Gasteiger charge is 2.36. The van der Waals surface area contributed by atoms with Crippen LogP contribution in [0.3, 0.4) is 0 Å². The molecule has 0 aromatic heterocycles. The Morgan fingerprint density at radius 2 is 2.45 bits per heavy atom. The van der Waals surface area contributed by atoms with Gasteiger partial charge < -0.3 is 5.11 Å². The molecule has 0 aromatic carbocycles. The molecule has 3 nitrogen and oxygen atoms in total. The molecule has 1 heterocycles. The molecule has 0 bridgehead atoms. The van der Waals surface area contributed by atoms with E-state index in [9.17, 15) is 4.79 Å². The largest absolute Gasteiger partial charge is 0.465 e. The Balaban J connectivity index is 2.80. The van der Waals surface area contributed by atoms with Gasteiger partial charge in [-0.3, -0.25) is 4.90 Å². The number of carboxylic acid groups (broad SMARTS) is 1. The van der Waals surface area contributed by atoms with Gasteiger partial charge in [-0.25, -0.2) is 4.79 Å². The molecule has 1 atom stereocenters. The van der Waals surface area contributed by atoms with Crippen LogP contribution in [0.5, 0.6) is 0 Å². The number of nitrogens with zero attached hydrogens (tertiary/aromatic N) is 1. The van der Waals surface area contributed by atoms with Gasteiger partial charge in [-0.2, -0.15) is 0 Å². The van der Waals surface area contributed by atoms with Crippen molar-refractivity contribution in [3.05, 3.63) is 12.7 Å². The van der Waals surface area contributed by atoms with Crippen molar-refractivity contribution in [2.24, 2.45) is 0 Å². The van der Waals surface area contributed by atoms with Gasteiger partial charge in [0, 0.05) is 6.54 Å². The van der Waals surface area contributed by atoms with E-state index in [-0.39, 0.29) is 5.54 Å². The number of carbonyl (C=O) groups is 1. The molecule has 1 rings (SSSR count). The molecule has 1 aliphatic heterocycles. The van der Waals surface area contributed by atoms with E-state index in [1.54, 1.807) is 6.08 Å². The molecule has 1 fully saturated rings. The lowest BCUT2D eigenvalue weighted by Crippen LogP contribution is -2.42. The molecule has 0 radical (unpaired) electrons. The average molecular weight is 155 g/mol. The summed E-state index contributed by atoms with van der Waals surface area (Å²) in [6, 6.07) is 0. The molecule has 3 heteroatoms. The Labute approximate surface area is 66.3 Å². The quantitative estimate of drug-likeness (QED) is 0.585. The number of hydrogen-bond acceptors (Lipinski definition) is 1. The van der Waals surface area contributed by atoms with E-state index < -0.39 is 6.09 Å². The lowest BCUT2D eigenvalue weighted by Gasteiger charge is -2.29. The van der Waals surface area contributed by atoms with Crippen LogP contribution in [0.2, 0.25) is 0 Å². The minimum atomic E-state index is -0.843. The number of amides is 1. The van der Waals surface area contributed by atoms with Crippen LogP contribution in [-0.4, -0.2) is 28.2 Å². The lowest BCUT2D eigenvalue weighted by atomic mass is 10.00. The van der Waals surface area contributed by atoms with Crippen LogP contribution in [0.1, 0.15) is 19.8 Å². The summed E-state index contributed by atoms with van der Waals surface area (Å²) in [5.41, 5.74) is -0.328. The first-order chi connectivity index (χ1) is 5.10. The average Bonchev–Trinajstić information content (AvgIpc) is 2.32. The summed E-state index contributed by atoms with van der Waals surface area (Å²) < 4.78 is 0. The minimum Gasteiger partial charge on any atom is -0.465 e. The maximum atomic E-state index is 10.7. The zero-order chi connectivity index (χ0) is 8.48. The fourth-order valence-electron chi connectivity index (χ4n) is 1.51. The van der Waals surface area contributed by atoms with Gasteiger partial charge in [0.2, 0.25) is 0 Å². The highest BCUT2D eigenvalue weighted by atomic mass is 16.4. The van der Waals surface area contributed by atoms with Crippen LogP contribution in [0.25, 0.3) is 0 Å². The summed E-state index contributed by atoms with van der Waals surface area (Å²) in [7, 11) is 0. The van der Waals surface area contributed by atoms with Crippen LogP contribution in [0, 0.1) is 0 Å². The molecule has 1 saturated heterocycles. The molecular formula is C8H13NO2. The smallest absolute Gasteiger partial charge is 0.407 e. The fourth-order valence-corrected chi connectivity index (χ4v) is 1.51. The summed E-state index contributed by atoms with van der Waals surface area (Å²) in [5, 5.41) is 8.76. The molecule has 0 aromatic rings. The van der Waals surface area contributed by atoms with Crippen LogP contribution < -0.4 is 0 Å². The first-order valence-corrected chi connectivity index (χ1v) is 3.74. The molecule has 11 heavy (non-hydrogen) atoms. The van der Waals surface area contributed by atoms with E-state index in [1.807, 2.05) is 6.92 Å². The molecule has 1 N–H and O–H groups in total. The van der Waals surface area contributed by atoms with Crippen molar-refractivity contribution in [1.29, 1.82) is 0 Å². The van der Waals surface area contributed by atoms with Crippen LogP contribution in [0.15, 0.2) is 12.7 Å². The van der Waals surface area contributed by atoms with E-state index in [0.29, 0.717) is 6.54 Å². The Bertz CT molecular complexity index is 191. The van der Waals surface area contributed by atoms with Crippen LogP contribution >= 0.6 is 0 Å². The summed E-state index contributed by atoms with van der Waals surface area (Å²) >= 11 is 0. The van der Waals surface area contributed by atoms with Gasteiger partial charge in [-0.05, 0) is 19.8 Å². The molecule has 62 valence electrons. The minimum absolute atomic E-state index is 0.328. The number of likely N-dealkylation sites (tertiary alicyclic amines) is 1. The number of hydrogen-bond donors (Lipinski definition) is 1. The molecule has 1 aliphatic rings. The van der Waals surface area contributed by atoms with Gasteiger partial charge in [0.05, 0.1) is 5.54 Å². The standard InChI is InChI=1S/C8H13NO2/c1-3-8(2)5-4-6-9(8)7(10)11/h3H,1,4-6H2,2H3,(H,10,11). The molecule has 1 unspecified atom stereocenters. The summed E-state index contributed by atoms with van der Waals surface area (Å²) in [6.45, 7) is 6.18. The molecular weight excluding hydrogens is 142 g/mol. The van der Waals surface area contributed by atoms with Gasteiger partial charge in [0.1, 0.15) is 0 Å². The van der Waals surface area contributed by atoms with Crippen LogP contribution in [-0.2, 0) is 0 Å². The van der Waals surface area contributed by atoms with Crippen molar-refractivity contribution in [3.8, 4) is 0 Å². The molecule has 0 spiro atoms. The third kappa shape index (κ3) is 1.23. The molecule has 1 amide bonds. The van der Waals surface area contributed by atoms with Gasteiger partial charge >= 0.3 is 6.09 Å². The third-order valence-corrected chi connectivity index (χ3v) is 2.35. The maximum absolute atomic E-state index is 10.7. The van der Waals surface area contributed by atoms with E-state index in [2.05, 4.69) is 6.58 Å². The lowest BCUT2D eigenvalue weighted by molar-refractivity contribution is 0.126. The van der Waals surface area contributed by atoms with E-state index in [0.717, 1.165) is 12.8 Å². The van der Waals surface area contributed by atoms with Crippen molar-refractivity contribution in [3.63, 3.8) is 0 Å². The van der Waals surface area contributed by atoms with E-state index in [4.69, 9.17) is 5.11 Å². The highest BCUT2D eigenvalue weighted by molar-refractivity contribution is 5.67. The topological polar surface area (TPSA) is 40.5 Å². The zero-order valence-electron chi connectivity index (χ0n) is 6.71.